The highest BCUT2D eigenvalue weighted by molar-refractivity contribution is 14.1. The fourth-order valence-corrected chi connectivity index (χ4v) is 11.8. The number of azo groups is 2. The molecule has 4 aromatic carbocycles. The Bertz CT molecular complexity index is 3080. The topological polar surface area (TPSA) is 214 Å². The van der Waals surface area contributed by atoms with E-state index in [0.29, 0.717) is 0 Å². The Morgan fingerprint density at radius 1 is 0.427 bits per heavy atom. The molecule has 0 aliphatic heterocycles. The van der Waals surface area contributed by atoms with Crippen molar-refractivity contribution in [2.75, 3.05) is 128 Å². The zero-order valence-corrected chi connectivity index (χ0v) is 78.3. The van der Waals surface area contributed by atoms with E-state index >= 15 is 0 Å². The van der Waals surface area contributed by atoms with E-state index in [-0.39, 0.29) is 50.9 Å². The van der Waals surface area contributed by atoms with Crippen LogP contribution in [0.3, 0.4) is 0 Å². The van der Waals surface area contributed by atoms with Crippen LogP contribution in [0.1, 0.15) is 200 Å². The monoisotopic (exact) mass is 1890 g/mol. The summed E-state index contributed by atoms with van der Waals surface area (Å²) in [6, 6.07) is 50.2. The summed E-state index contributed by atoms with van der Waals surface area (Å²) in [4.78, 5) is 23.3. The van der Waals surface area contributed by atoms with Crippen molar-refractivity contribution in [3.63, 3.8) is 0 Å². The SMILES string of the molecule is CC#N.CCCCI.CCCCN(CCCC)c1ccc(N=Nc2cc[n+](CCC[N+](CC)(CC)CC)cc2)cc1.CCCCN(CCCC)c1ccc(N=Nc2ccncc2)cc1.CCCCN(CCCC)c1ccccc1.CC[N+](CC)(CC)CCCBr.Nc1ccccc1.Nc1ccncc1.O=NO.[Br-].[Br-].[Br-]. The van der Waals surface area contributed by atoms with Crippen LogP contribution in [0.5, 0.6) is 0 Å². The number of quaternary nitrogens is 2. The van der Waals surface area contributed by atoms with Gasteiger partial charge < -0.3 is 91.3 Å². The lowest BCUT2D eigenvalue weighted by Crippen LogP contribution is -3.00. The van der Waals surface area contributed by atoms with E-state index in [2.05, 4.69) is 269 Å². The van der Waals surface area contributed by atoms with Gasteiger partial charge in [-0.05, 0) is 188 Å². The number of halogens is 5. The first-order valence-electron chi connectivity index (χ1n) is 39.9. The number of rotatable bonds is 40. The van der Waals surface area contributed by atoms with Crippen LogP contribution in [0.25, 0.3) is 0 Å². The van der Waals surface area contributed by atoms with Gasteiger partial charge in [0.2, 0.25) is 0 Å². The zero-order valence-electron chi connectivity index (χ0n) is 69.8. The predicted octanol–water partition coefficient (Wildman–Crippen LogP) is 15.5. The molecular formula is C87H143Br4IN16O2. The maximum absolute atomic E-state index is 8.11. The second kappa shape index (κ2) is 79.6. The van der Waals surface area contributed by atoms with Gasteiger partial charge in [-0.15, -0.1) is 4.91 Å². The molecule has 0 saturated heterocycles. The molecule has 0 aliphatic rings. The number of benzene rings is 4. The Hall–Kier alpha value is -6.01. The Kier molecular flexibility index (Phi) is 81.5. The Balaban J connectivity index is -0.000000416. The second-order valence-electron chi connectivity index (χ2n) is 25.8. The summed E-state index contributed by atoms with van der Waals surface area (Å²) < 4.78 is 6.06. The number of alkyl halides is 2. The molecule has 23 heteroatoms. The summed E-state index contributed by atoms with van der Waals surface area (Å²) in [5.74, 6) is 0. The summed E-state index contributed by atoms with van der Waals surface area (Å²) >= 11 is 5.87. The average Bonchev–Trinajstić information content (AvgIpc) is 0.870. The van der Waals surface area contributed by atoms with Gasteiger partial charge in [0, 0.05) is 123 Å². The van der Waals surface area contributed by atoms with E-state index in [1.54, 1.807) is 43.0 Å². The molecule has 0 bridgehead atoms. The van der Waals surface area contributed by atoms with Gasteiger partial charge in [-0.1, -0.05) is 168 Å². The lowest BCUT2D eigenvalue weighted by molar-refractivity contribution is -0.925. The van der Waals surface area contributed by atoms with Crippen molar-refractivity contribution in [2.45, 2.75) is 206 Å². The van der Waals surface area contributed by atoms with Crippen molar-refractivity contribution in [2.24, 2.45) is 25.8 Å². The summed E-state index contributed by atoms with van der Waals surface area (Å²) in [5.41, 5.74) is 19.7. The lowest BCUT2D eigenvalue weighted by atomic mass is 10.2. The highest BCUT2D eigenvalue weighted by Gasteiger charge is 2.21. The van der Waals surface area contributed by atoms with Crippen molar-refractivity contribution in [3.8, 4) is 6.07 Å². The Labute approximate surface area is 722 Å². The maximum Gasteiger partial charge on any atom is 0.171 e. The molecule has 0 radical (unpaired) electrons. The number of nitriles is 1. The van der Waals surface area contributed by atoms with Crippen LogP contribution in [0.2, 0.25) is 0 Å². The molecule has 0 amide bonds. The van der Waals surface area contributed by atoms with Gasteiger partial charge in [0.1, 0.15) is 0 Å². The van der Waals surface area contributed by atoms with Crippen molar-refractivity contribution in [1.82, 2.24) is 9.97 Å². The molecule has 0 aliphatic carbocycles. The molecule has 0 atom stereocenters. The van der Waals surface area contributed by atoms with E-state index in [1.165, 1.54) is 211 Å². The number of nitrogens with two attached hydrogens (primary N) is 2. The number of hydrogen-bond donors (Lipinski definition) is 3. The van der Waals surface area contributed by atoms with Crippen molar-refractivity contribution >= 4 is 89.7 Å². The zero-order chi connectivity index (χ0) is 79.7. The molecule has 3 aromatic heterocycles. The molecule has 0 spiro atoms. The minimum absolute atomic E-state index is 0. The van der Waals surface area contributed by atoms with Gasteiger partial charge in [-0.2, -0.15) is 25.7 Å². The summed E-state index contributed by atoms with van der Waals surface area (Å²) in [6.07, 6.45) is 31.2. The van der Waals surface area contributed by atoms with Gasteiger partial charge in [-0.3, -0.25) is 9.97 Å². The molecule has 0 fully saturated rings. The molecule has 7 aromatic rings. The molecule has 18 nitrogen and oxygen atoms in total. The predicted molar refractivity (Wildman–Crippen MR) is 473 cm³/mol. The van der Waals surface area contributed by atoms with E-state index in [4.69, 9.17) is 26.8 Å². The third kappa shape index (κ3) is 57.9. The molecule has 110 heavy (non-hydrogen) atoms. The first-order chi connectivity index (χ1) is 52.1. The Morgan fingerprint density at radius 2 is 0.700 bits per heavy atom. The standard InChI is InChI=1S/C28H47N5.C19H26N4.C14H23N.C9H21BrN.C6H7N.C5H6N2.C4H9I.C2H3N.3BrH.HNO2/c1-6-11-21-32(22-12-7-2)28-16-14-26(15-17-28)29-30-27-18-23-31(24-19-27)20-13-25-33(8-3,9-4)10-5;1-3-5-15-23(16-6-4-2)19-9-7-17(8-10-19)21-22-18-11-13-20-14-12-18;1-3-5-12-15(13-6-4-2)14-10-8-7-9-11-14;1-4-11(5-2,6-3)9-7-8-10;7-6-4-2-1-3-5-6;6-5-1-3-7-4-2-5;1-2-3-4-5;1-2-3;;;;2-1-3/h14-19,23-24H,6-13,20-22,25H2,1-5H3;7-14H,3-6,15-16H2,1-2H3;7-11H,3-6,12-13H2,1-2H3;4-9H2,1-3H3;1-5H,7H2;1-4H,(H2,6,7);2-4H2,1H3;1H3;3*1H;(H,2,3)/q+2;;;+1;;;;;;;;/p-3. The van der Waals surface area contributed by atoms with Crippen molar-refractivity contribution in [3.05, 3.63) is 188 Å². The largest absolute Gasteiger partial charge is 1.00 e. The minimum Gasteiger partial charge on any atom is -1.00 e. The average molecular weight is 1890 g/mol. The van der Waals surface area contributed by atoms with E-state index < -0.39 is 0 Å². The minimum atomic E-state index is 0. The van der Waals surface area contributed by atoms with Crippen LogP contribution < -0.4 is 81.7 Å². The molecule has 0 unspecified atom stereocenters. The van der Waals surface area contributed by atoms with E-state index in [0.717, 1.165) is 72.2 Å². The van der Waals surface area contributed by atoms with Gasteiger partial charge in [0.15, 0.2) is 24.3 Å². The summed E-state index contributed by atoms with van der Waals surface area (Å²) in [5, 5.41) is 33.8. The second-order valence-corrected chi connectivity index (χ2v) is 27.7. The summed E-state index contributed by atoms with van der Waals surface area (Å²) in [6.45, 7) is 48.9. The third-order valence-electron chi connectivity index (χ3n) is 18.2. The number of anilines is 5. The fourth-order valence-electron chi connectivity index (χ4n) is 10.8. The van der Waals surface area contributed by atoms with Gasteiger partial charge in [0.05, 0.1) is 87.6 Å². The summed E-state index contributed by atoms with van der Waals surface area (Å²) in [7, 11) is 0. The van der Waals surface area contributed by atoms with Crippen LogP contribution in [0.4, 0.5) is 51.2 Å². The highest BCUT2D eigenvalue weighted by atomic mass is 127. The van der Waals surface area contributed by atoms with Crippen LogP contribution in [-0.4, -0.2) is 126 Å². The van der Waals surface area contributed by atoms with Crippen LogP contribution >= 0.6 is 38.5 Å². The number of aryl methyl sites for hydroxylation is 1. The van der Waals surface area contributed by atoms with E-state index in [1.807, 2.05) is 54.6 Å². The number of aromatic nitrogens is 3. The normalized spacial score (nSPS) is 10.1. The van der Waals surface area contributed by atoms with Crippen molar-refractivity contribution in [1.29, 1.82) is 5.26 Å². The number of hydrogen-bond acceptors (Lipinski definition) is 14. The van der Waals surface area contributed by atoms with Crippen LogP contribution in [0.15, 0.2) is 209 Å². The molecule has 0 saturated carbocycles. The van der Waals surface area contributed by atoms with Crippen LogP contribution in [-0.2, 0) is 6.54 Å². The molecular weight excluding hydrogens is 1750 g/mol. The van der Waals surface area contributed by atoms with Crippen LogP contribution in [0, 0.1) is 16.2 Å². The molecule has 618 valence electrons. The van der Waals surface area contributed by atoms with Gasteiger partial charge in [-0.25, -0.2) is 4.57 Å². The quantitative estimate of drug-likeness (QED) is 0.00483. The smallest absolute Gasteiger partial charge is 0.171 e. The lowest BCUT2D eigenvalue weighted by Gasteiger charge is -2.35. The maximum atomic E-state index is 8.11. The number of para-hydroxylation sites is 2. The number of pyridine rings is 3. The molecule has 3 heterocycles. The van der Waals surface area contributed by atoms with Crippen molar-refractivity contribution < 1.29 is 69.7 Å². The molecule has 5 N–H and O–H groups in total. The number of unbranched alkanes of at least 4 members (excludes halogenated alkanes) is 7. The Morgan fingerprint density at radius 3 is 0.955 bits per heavy atom. The first kappa shape index (κ1) is 113. The fraction of sp³-hybridized carbons (Fsp3) is 0.540. The third-order valence-corrected chi connectivity index (χ3v) is 19.5. The van der Waals surface area contributed by atoms with E-state index in [9.17, 15) is 0 Å². The number of nitrogen functional groups attached to an aromatic ring is 2. The first-order valence-corrected chi connectivity index (χ1v) is 42.5. The number of nitrogens with zero attached hydrogens (tertiary/aromatic N) is 14. The highest BCUT2D eigenvalue weighted by Crippen LogP contribution is 2.25. The van der Waals surface area contributed by atoms with Gasteiger partial charge >= 0.3 is 0 Å². The molecule has 7 rings (SSSR count). The van der Waals surface area contributed by atoms with Gasteiger partial charge in [0.25, 0.3) is 0 Å².